The second-order valence-corrected chi connectivity index (χ2v) is 15.5. The Morgan fingerprint density at radius 2 is 1.64 bits per heavy atom. The number of benzene rings is 1. The van der Waals surface area contributed by atoms with E-state index < -0.39 is 24.1 Å². The minimum atomic E-state index is -3.94. The van der Waals surface area contributed by atoms with E-state index in [2.05, 4.69) is 50.5 Å². The van der Waals surface area contributed by atoms with Gasteiger partial charge in [0.1, 0.15) is 10.7 Å². The van der Waals surface area contributed by atoms with Crippen LogP contribution in [0.1, 0.15) is 47.1 Å². The predicted molar refractivity (Wildman–Crippen MR) is 113 cm³/mol. The number of nitrogens with one attached hydrogen (secondary N) is 1. The summed E-state index contributed by atoms with van der Waals surface area (Å²) < 4.78 is 44.2. The van der Waals surface area contributed by atoms with Gasteiger partial charge >= 0.3 is 0 Å². The number of hydrogen-bond donors (Lipinski definition) is 1. The van der Waals surface area contributed by atoms with Crippen LogP contribution in [0.2, 0.25) is 16.6 Å². The van der Waals surface area contributed by atoms with E-state index in [1.165, 1.54) is 12.1 Å². The average molecular weight is 422 g/mol. The van der Waals surface area contributed by atoms with E-state index in [1.807, 2.05) is 12.3 Å². The Morgan fingerprint density at radius 3 is 2.11 bits per heavy atom. The largest absolute Gasteiger partial charge is 0.378 e. The molecule has 2 rings (SSSR count). The molecule has 0 aliphatic rings. The molecular weight excluding hydrogens is 393 g/mol. The van der Waals surface area contributed by atoms with Crippen LogP contribution < -0.4 is 4.72 Å². The molecule has 2 aromatic rings. The van der Waals surface area contributed by atoms with E-state index >= 15 is 0 Å². The number of aromatic nitrogens is 1. The predicted octanol–water partition coefficient (Wildman–Crippen LogP) is 5.32. The summed E-state index contributed by atoms with van der Waals surface area (Å²) in [5.41, 5.74) is 1.21. The summed E-state index contributed by atoms with van der Waals surface area (Å²) in [6.45, 7) is 13.2. The van der Waals surface area contributed by atoms with Crippen molar-refractivity contribution < 1.29 is 12.8 Å². The zero-order valence-corrected chi connectivity index (χ0v) is 19.0. The van der Waals surface area contributed by atoms with Crippen LogP contribution in [0.15, 0.2) is 41.6 Å². The normalized spacial score (nSPS) is 12.6. The summed E-state index contributed by atoms with van der Waals surface area (Å²) >= 11 is 0. The van der Waals surface area contributed by atoms with Gasteiger partial charge in [0.25, 0.3) is 10.0 Å². The molecule has 1 aromatic carbocycles. The molecule has 28 heavy (non-hydrogen) atoms. The van der Waals surface area contributed by atoms with E-state index in [0.717, 1.165) is 6.07 Å². The lowest BCUT2D eigenvalue weighted by Crippen LogP contribution is -2.51. The molecule has 1 N–H and O–H groups in total. The Labute approximate surface area is 168 Å². The van der Waals surface area contributed by atoms with Crippen LogP contribution in [-0.2, 0) is 10.0 Å². The zero-order chi connectivity index (χ0) is 21.3. The van der Waals surface area contributed by atoms with Crippen molar-refractivity contribution in [1.29, 1.82) is 5.26 Å². The molecule has 5 nitrogen and oxygen atoms in total. The molecular formula is C20H28FN3O2SSi. The van der Waals surface area contributed by atoms with Crippen LogP contribution in [0, 0.1) is 17.1 Å². The number of sulfonamides is 1. The van der Waals surface area contributed by atoms with Gasteiger partial charge in [0.05, 0.1) is 17.3 Å². The Morgan fingerprint density at radius 1 is 1.07 bits per heavy atom. The van der Waals surface area contributed by atoms with Crippen molar-refractivity contribution in [2.75, 3.05) is 4.72 Å². The molecule has 0 aliphatic heterocycles. The summed E-state index contributed by atoms with van der Waals surface area (Å²) in [5, 5.41) is 8.82. The molecule has 0 fully saturated rings. The Bertz CT molecular complexity index is 969. The fourth-order valence-corrected chi connectivity index (χ4v) is 12.2. The minimum absolute atomic E-state index is 0.107. The van der Waals surface area contributed by atoms with E-state index in [1.54, 1.807) is 12.3 Å². The number of rotatable bonds is 7. The molecule has 0 bridgehead atoms. The number of anilines is 1. The smallest absolute Gasteiger partial charge is 0.263 e. The van der Waals surface area contributed by atoms with Gasteiger partial charge in [-0.15, -0.1) is 0 Å². The second kappa shape index (κ2) is 8.09. The molecule has 0 saturated carbocycles. The van der Waals surface area contributed by atoms with Crippen LogP contribution in [0.25, 0.3) is 0 Å². The first-order chi connectivity index (χ1) is 13.0. The van der Waals surface area contributed by atoms with Gasteiger partial charge in [0, 0.05) is 6.20 Å². The van der Waals surface area contributed by atoms with Gasteiger partial charge in [-0.3, -0.25) is 4.72 Å². The van der Waals surface area contributed by atoms with Gasteiger partial charge in [0.15, 0.2) is 8.24 Å². The SMILES string of the molecule is CC(C)[Si](C(C)C)(C(C)C)n1ccc(S(=O)(=O)Nc2ccc(C#N)cc2F)c1. The number of nitriles is 1. The van der Waals surface area contributed by atoms with E-state index in [4.69, 9.17) is 5.26 Å². The van der Waals surface area contributed by atoms with Crippen molar-refractivity contribution in [1.82, 2.24) is 4.23 Å². The standard InChI is InChI=1S/C20H28FN3O2SSi/c1-14(2)28(15(3)4,16(5)6)24-10-9-18(13-24)27(25,26)23-20-8-7-17(12-22)11-19(20)21/h7-11,13-16,23H,1-6H3. The summed E-state index contributed by atoms with van der Waals surface area (Å²) in [7, 11) is -6.01. The first-order valence-corrected chi connectivity index (χ1v) is 13.0. The van der Waals surface area contributed by atoms with E-state index in [9.17, 15) is 12.8 Å². The third kappa shape index (κ3) is 3.87. The van der Waals surface area contributed by atoms with E-state index in [0.29, 0.717) is 16.6 Å². The molecule has 0 spiro atoms. The molecule has 1 aromatic heterocycles. The summed E-state index contributed by atoms with van der Waals surface area (Å²) in [5.74, 6) is -0.780. The van der Waals surface area contributed by atoms with Gasteiger partial charge in [-0.25, -0.2) is 12.8 Å². The summed E-state index contributed by atoms with van der Waals surface area (Å²) in [4.78, 5) is 0.107. The monoisotopic (exact) mass is 421 g/mol. The van der Waals surface area contributed by atoms with Gasteiger partial charge < -0.3 is 4.23 Å². The van der Waals surface area contributed by atoms with Crippen LogP contribution in [-0.4, -0.2) is 20.9 Å². The quantitative estimate of drug-likeness (QED) is 0.615. The van der Waals surface area contributed by atoms with Crippen molar-refractivity contribution in [2.45, 2.75) is 63.1 Å². The maximum absolute atomic E-state index is 14.1. The molecule has 0 radical (unpaired) electrons. The average Bonchev–Trinajstić information content (AvgIpc) is 3.07. The highest BCUT2D eigenvalue weighted by Gasteiger charge is 2.45. The van der Waals surface area contributed by atoms with Crippen LogP contribution in [0.5, 0.6) is 0 Å². The first kappa shape index (κ1) is 22.2. The van der Waals surface area contributed by atoms with Gasteiger partial charge in [-0.1, -0.05) is 41.5 Å². The fourth-order valence-electron chi connectivity index (χ4n) is 4.54. The molecule has 0 atom stereocenters. The highest BCUT2D eigenvalue weighted by Crippen LogP contribution is 2.43. The van der Waals surface area contributed by atoms with Gasteiger partial charge in [-0.05, 0) is 47.1 Å². The summed E-state index contributed by atoms with van der Waals surface area (Å²) in [6.07, 6.45) is 3.52. The van der Waals surface area contributed by atoms with Gasteiger partial charge in [0.2, 0.25) is 0 Å². The molecule has 8 heteroatoms. The summed E-state index contributed by atoms with van der Waals surface area (Å²) in [6, 6.07) is 7.04. The topological polar surface area (TPSA) is 74.9 Å². The Kier molecular flexibility index (Phi) is 6.41. The van der Waals surface area contributed by atoms with Crippen LogP contribution >= 0.6 is 0 Å². The molecule has 0 unspecified atom stereocenters. The minimum Gasteiger partial charge on any atom is -0.378 e. The maximum atomic E-state index is 14.1. The highest BCUT2D eigenvalue weighted by molar-refractivity contribution is 7.92. The van der Waals surface area contributed by atoms with Crippen molar-refractivity contribution in [3.05, 3.63) is 48.0 Å². The number of halogens is 1. The number of hydrogen-bond acceptors (Lipinski definition) is 3. The third-order valence-electron chi connectivity index (χ3n) is 5.54. The first-order valence-electron chi connectivity index (χ1n) is 9.37. The van der Waals surface area contributed by atoms with Crippen molar-refractivity contribution in [3.8, 4) is 6.07 Å². The highest BCUT2D eigenvalue weighted by atomic mass is 32.2. The second-order valence-electron chi connectivity index (χ2n) is 8.02. The Hall–Kier alpha value is -2.11. The van der Waals surface area contributed by atoms with Crippen molar-refractivity contribution in [2.24, 2.45) is 0 Å². The molecule has 0 saturated heterocycles. The van der Waals surface area contributed by atoms with Crippen LogP contribution in [0.4, 0.5) is 10.1 Å². The Balaban J connectivity index is 2.45. The maximum Gasteiger partial charge on any atom is 0.263 e. The molecule has 0 aliphatic carbocycles. The number of nitrogens with zero attached hydrogens (tertiary/aromatic N) is 2. The lowest BCUT2D eigenvalue weighted by Gasteiger charge is -2.44. The lowest BCUT2D eigenvalue weighted by molar-refractivity contribution is 0.598. The van der Waals surface area contributed by atoms with Crippen molar-refractivity contribution in [3.63, 3.8) is 0 Å². The zero-order valence-electron chi connectivity index (χ0n) is 17.2. The van der Waals surface area contributed by atoms with E-state index in [-0.39, 0.29) is 16.1 Å². The van der Waals surface area contributed by atoms with Gasteiger partial charge in [-0.2, -0.15) is 5.26 Å². The van der Waals surface area contributed by atoms with Crippen LogP contribution in [0.3, 0.4) is 0 Å². The molecule has 0 amide bonds. The van der Waals surface area contributed by atoms with Crippen molar-refractivity contribution >= 4 is 23.9 Å². The fraction of sp³-hybridized carbons (Fsp3) is 0.450. The molecule has 152 valence electrons. The molecule has 1 heterocycles. The third-order valence-corrected chi connectivity index (χ3v) is 13.6. The lowest BCUT2D eigenvalue weighted by atomic mass is 10.2.